The van der Waals surface area contributed by atoms with E-state index in [1.807, 2.05) is 48.7 Å². The molecule has 0 saturated carbocycles. The van der Waals surface area contributed by atoms with Gasteiger partial charge in [-0.2, -0.15) is 0 Å². The summed E-state index contributed by atoms with van der Waals surface area (Å²) < 4.78 is 5.96. The predicted octanol–water partition coefficient (Wildman–Crippen LogP) is 3.68. The molecule has 0 aliphatic carbocycles. The van der Waals surface area contributed by atoms with E-state index in [9.17, 15) is 0 Å². The molecule has 3 nitrogen and oxygen atoms in total. The smallest absolute Gasteiger partial charge is 0.129 e. The van der Waals surface area contributed by atoms with E-state index in [4.69, 9.17) is 10.5 Å². The van der Waals surface area contributed by atoms with Crippen LogP contribution in [0.5, 0.6) is 5.75 Å². The highest BCUT2D eigenvalue weighted by Crippen LogP contribution is 2.30. The molecule has 20 heavy (non-hydrogen) atoms. The van der Waals surface area contributed by atoms with Gasteiger partial charge in [-0.1, -0.05) is 36.4 Å². The summed E-state index contributed by atoms with van der Waals surface area (Å²) in [6.45, 7) is 0.552. The first-order chi connectivity index (χ1) is 9.88. The molecule has 3 aromatic rings. The molecule has 0 saturated heterocycles. The monoisotopic (exact) mass is 264 g/mol. The van der Waals surface area contributed by atoms with Crippen LogP contribution in [0.3, 0.4) is 0 Å². The number of hydrogen-bond donors (Lipinski definition) is 2. The van der Waals surface area contributed by atoms with Crippen molar-refractivity contribution in [1.82, 2.24) is 4.98 Å². The average molecular weight is 264 g/mol. The van der Waals surface area contributed by atoms with Crippen LogP contribution in [0.25, 0.3) is 17.0 Å². The highest BCUT2D eigenvalue weighted by atomic mass is 16.5. The molecule has 0 aliphatic heterocycles. The lowest BCUT2D eigenvalue weighted by Gasteiger charge is -2.08. The summed E-state index contributed by atoms with van der Waals surface area (Å²) in [5.74, 6) is 0.862. The second kappa shape index (κ2) is 5.53. The highest BCUT2D eigenvalue weighted by molar-refractivity contribution is 5.93. The summed E-state index contributed by atoms with van der Waals surface area (Å²) >= 11 is 0. The molecular weight excluding hydrogens is 248 g/mol. The lowest BCUT2D eigenvalue weighted by molar-refractivity contribution is 0.310. The first-order valence-electron chi connectivity index (χ1n) is 6.53. The van der Waals surface area contributed by atoms with Gasteiger partial charge in [-0.3, -0.25) is 0 Å². The number of hydrogen-bond acceptors (Lipinski definition) is 2. The van der Waals surface area contributed by atoms with Crippen LogP contribution >= 0.6 is 0 Å². The van der Waals surface area contributed by atoms with Gasteiger partial charge in [0.1, 0.15) is 12.4 Å². The van der Waals surface area contributed by atoms with Gasteiger partial charge in [-0.15, -0.1) is 0 Å². The first-order valence-corrected chi connectivity index (χ1v) is 6.53. The van der Waals surface area contributed by atoms with Crippen LogP contribution < -0.4 is 10.5 Å². The standard InChI is InChI=1S/C17H16N2O/c18-10-9-14-11-19-15-7-4-8-16(17(14)15)20-12-13-5-2-1-3-6-13/h1-11,19H,12,18H2/b10-9+. The van der Waals surface area contributed by atoms with Crippen molar-refractivity contribution in [3.05, 3.63) is 72.1 Å². The maximum atomic E-state index is 5.96. The quantitative estimate of drug-likeness (QED) is 0.755. The Kier molecular flexibility index (Phi) is 3.42. The predicted molar refractivity (Wildman–Crippen MR) is 82.3 cm³/mol. The number of aromatic nitrogens is 1. The maximum absolute atomic E-state index is 5.96. The maximum Gasteiger partial charge on any atom is 0.129 e. The molecule has 0 unspecified atom stereocenters. The van der Waals surface area contributed by atoms with Crippen molar-refractivity contribution < 1.29 is 4.74 Å². The van der Waals surface area contributed by atoms with E-state index in [1.165, 1.54) is 6.20 Å². The Morgan fingerprint density at radius 1 is 1.05 bits per heavy atom. The fourth-order valence-corrected chi connectivity index (χ4v) is 2.27. The van der Waals surface area contributed by atoms with E-state index in [1.54, 1.807) is 0 Å². The van der Waals surface area contributed by atoms with Gasteiger partial charge in [-0.25, -0.2) is 0 Å². The molecule has 3 N–H and O–H groups in total. The molecule has 1 aromatic heterocycles. The molecule has 2 aromatic carbocycles. The number of ether oxygens (including phenoxy) is 1. The lowest BCUT2D eigenvalue weighted by atomic mass is 10.1. The van der Waals surface area contributed by atoms with Crippen LogP contribution in [0.15, 0.2) is 60.9 Å². The van der Waals surface area contributed by atoms with Crippen LogP contribution in [0.4, 0.5) is 0 Å². The van der Waals surface area contributed by atoms with Crippen molar-refractivity contribution in [2.45, 2.75) is 6.61 Å². The minimum Gasteiger partial charge on any atom is -0.488 e. The Bertz CT molecular complexity index is 729. The largest absolute Gasteiger partial charge is 0.488 e. The molecule has 0 radical (unpaired) electrons. The number of nitrogens with two attached hydrogens (primary N) is 1. The molecule has 0 aliphatic rings. The van der Waals surface area contributed by atoms with Gasteiger partial charge in [0, 0.05) is 22.7 Å². The molecule has 3 rings (SSSR count). The van der Waals surface area contributed by atoms with Crippen LogP contribution in [0, 0.1) is 0 Å². The summed E-state index contributed by atoms with van der Waals surface area (Å²) in [5.41, 5.74) is 8.72. The molecule has 0 fully saturated rings. The molecule has 0 amide bonds. The van der Waals surface area contributed by atoms with Crippen molar-refractivity contribution in [2.75, 3.05) is 0 Å². The third kappa shape index (κ3) is 2.38. The Morgan fingerprint density at radius 2 is 1.90 bits per heavy atom. The summed E-state index contributed by atoms with van der Waals surface area (Å²) in [7, 11) is 0. The van der Waals surface area contributed by atoms with Gasteiger partial charge >= 0.3 is 0 Å². The second-order valence-electron chi connectivity index (χ2n) is 4.56. The molecular formula is C17H16N2O. The van der Waals surface area contributed by atoms with Crippen LogP contribution in [-0.2, 0) is 6.61 Å². The van der Waals surface area contributed by atoms with Gasteiger partial charge < -0.3 is 15.5 Å². The van der Waals surface area contributed by atoms with Crippen molar-refractivity contribution >= 4 is 17.0 Å². The molecule has 0 atom stereocenters. The van der Waals surface area contributed by atoms with Crippen LogP contribution in [0.2, 0.25) is 0 Å². The van der Waals surface area contributed by atoms with E-state index in [0.717, 1.165) is 27.8 Å². The van der Waals surface area contributed by atoms with E-state index >= 15 is 0 Å². The van der Waals surface area contributed by atoms with E-state index in [0.29, 0.717) is 6.61 Å². The topological polar surface area (TPSA) is 51.0 Å². The van der Waals surface area contributed by atoms with Gasteiger partial charge in [-0.05, 0) is 30.0 Å². The van der Waals surface area contributed by atoms with E-state index < -0.39 is 0 Å². The number of aromatic amines is 1. The van der Waals surface area contributed by atoms with Crippen molar-refractivity contribution in [1.29, 1.82) is 0 Å². The molecule has 100 valence electrons. The van der Waals surface area contributed by atoms with Gasteiger partial charge in [0.2, 0.25) is 0 Å². The van der Waals surface area contributed by atoms with Crippen molar-refractivity contribution in [3.63, 3.8) is 0 Å². The minimum absolute atomic E-state index is 0.552. The van der Waals surface area contributed by atoms with Gasteiger partial charge in [0.25, 0.3) is 0 Å². The molecule has 0 spiro atoms. The Labute approximate surface area is 117 Å². The van der Waals surface area contributed by atoms with Crippen molar-refractivity contribution in [3.8, 4) is 5.75 Å². The summed E-state index contributed by atoms with van der Waals surface area (Å²) in [6.07, 6.45) is 5.34. The summed E-state index contributed by atoms with van der Waals surface area (Å²) in [5, 5.41) is 1.06. The average Bonchev–Trinajstić information content (AvgIpc) is 2.91. The Balaban J connectivity index is 1.93. The Morgan fingerprint density at radius 3 is 2.70 bits per heavy atom. The normalized spacial score (nSPS) is 11.2. The summed E-state index contributed by atoms with van der Waals surface area (Å²) in [4.78, 5) is 3.22. The zero-order valence-corrected chi connectivity index (χ0v) is 11.0. The number of benzene rings is 2. The Hall–Kier alpha value is -2.68. The van der Waals surface area contributed by atoms with E-state index in [-0.39, 0.29) is 0 Å². The van der Waals surface area contributed by atoms with Crippen molar-refractivity contribution in [2.24, 2.45) is 5.73 Å². The molecule has 3 heteroatoms. The second-order valence-corrected chi connectivity index (χ2v) is 4.56. The summed E-state index contributed by atoms with van der Waals surface area (Å²) in [6, 6.07) is 16.1. The van der Waals surface area contributed by atoms with Gasteiger partial charge in [0.05, 0.1) is 0 Å². The number of rotatable bonds is 4. The number of H-pyrrole nitrogens is 1. The third-order valence-electron chi connectivity index (χ3n) is 3.21. The minimum atomic E-state index is 0.552. The van der Waals surface area contributed by atoms with E-state index in [2.05, 4.69) is 17.1 Å². The fraction of sp³-hybridized carbons (Fsp3) is 0.0588. The number of nitrogens with one attached hydrogen (secondary N) is 1. The van der Waals surface area contributed by atoms with Gasteiger partial charge in [0.15, 0.2) is 0 Å². The fourth-order valence-electron chi connectivity index (χ4n) is 2.27. The third-order valence-corrected chi connectivity index (χ3v) is 3.21. The number of fused-ring (bicyclic) bond motifs is 1. The SMILES string of the molecule is N/C=C/c1c[nH]c2cccc(OCc3ccccc3)c12. The highest BCUT2D eigenvalue weighted by Gasteiger charge is 2.07. The first kappa shape index (κ1) is 12.4. The molecule has 1 heterocycles. The van der Waals surface area contributed by atoms with Crippen LogP contribution in [-0.4, -0.2) is 4.98 Å². The zero-order valence-electron chi connectivity index (χ0n) is 11.0. The van der Waals surface area contributed by atoms with Crippen LogP contribution in [0.1, 0.15) is 11.1 Å². The zero-order chi connectivity index (χ0) is 13.8. The molecule has 0 bridgehead atoms. The lowest BCUT2D eigenvalue weighted by Crippen LogP contribution is -1.95.